The molecule has 0 unspecified atom stereocenters. The molecule has 0 atom stereocenters. The van der Waals surface area contributed by atoms with Crippen LogP contribution in [0.3, 0.4) is 0 Å². The summed E-state index contributed by atoms with van der Waals surface area (Å²) in [5.74, 6) is 0.0486. The van der Waals surface area contributed by atoms with Crippen molar-refractivity contribution in [3.63, 3.8) is 0 Å². The van der Waals surface area contributed by atoms with E-state index in [9.17, 15) is 19.7 Å². The van der Waals surface area contributed by atoms with E-state index in [2.05, 4.69) is 9.88 Å². The zero-order chi connectivity index (χ0) is 27.0. The topological polar surface area (TPSA) is 140 Å². The highest BCUT2D eigenvalue weighted by Crippen LogP contribution is 2.36. The molecule has 196 valence electrons. The molecule has 0 aliphatic carbocycles. The van der Waals surface area contributed by atoms with E-state index in [0.717, 1.165) is 5.82 Å². The summed E-state index contributed by atoms with van der Waals surface area (Å²) < 4.78 is 12.5. The van der Waals surface area contributed by atoms with Crippen LogP contribution in [0.4, 0.5) is 17.2 Å². The summed E-state index contributed by atoms with van der Waals surface area (Å²) in [6, 6.07) is 11.7. The fourth-order valence-corrected chi connectivity index (χ4v) is 4.85. The average molecular weight is 520 g/mol. The number of nitrogens with zero attached hydrogens (tertiary/aromatic N) is 5. The summed E-state index contributed by atoms with van der Waals surface area (Å²) in [4.78, 5) is 44.8. The van der Waals surface area contributed by atoms with Gasteiger partial charge in [-0.05, 0) is 18.2 Å². The molecule has 1 saturated heterocycles. The molecule has 1 fully saturated rings. The largest absolute Gasteiger partial charge is 0.497 e. The Morgan fingerprint density at radius 2 is 1.84 bits per heavy atom. The molecule has 2 aromatic heterocycles. The number of hydrogen-bond donors (Lipinski definition) is 1. The first-order valence-corrected chi connectivity index (χ1v) is 11.9. The number of anilines is 2. The quantitative estimate of drug-likeness (QED) is 0.220. The standard InChI is InChI=1S/C26H25N5O7/c1-28-18-14-19(29-7-9-30(10-8-29)23-5-3-4-6-27-23)20(31(35)36)13-17(18)26(34)25-21(28)11-16(37-2)12-22(25)38-15-24(32)33/h3-6,11-14H,7-10,15H2,1-2H3,(H,32,33). The smallest absolute Gasteiger partial charge is 0.341 e. The first-order chi connectivity index (χ1) is 18.3. The van der Waals surface area contributed by atoms with Crippen LogP contribution in [0, 0.1) is 10.1 Å². The molecular weight excluding hydrogens is 494 g/mol. The Morgan fingerprint density at radius 1 is 1.11 bits per heavy atom. The lowest BCUT2D eigenvalue weighted by Crippen LogP contribution is -2.47. The van der Waals surface area contributed by atoms with Crippen LogP contribution in [0.2, 0.25) is 0 Å². The van der Waals surface area contributed by atoms with Gasteiger partial charge in [-0.15, -0.1) is 0 Å². The van der Waals surface area contributed by atoms with Gasteiger partial charge in [-0.25, -0.2) is 9.78 Å². The lowest BCUT2D eigenvalue weighted by atomic mass is 10.1. The SMILES string of the molecule is COc1cc(OCC(=O)O)c2c(=O)c3cc([N+](=O)[O-])c(N4CCN(c5ccccn5)CC4)cc3n(C)c2c1. The number of nitro benzene ring substituents is 1. The van der Waals surface area contributed by atoms with Crippen molar-refractivity contribution in [3.05, 3.63) is 69.0 Å². The molecule has 2 aromatic carbocycles. The Kier molecular flexibility index (Phi) is 6.45. The maximum absolute atomic E-state index is 13.6. The second kappa shape index (κ2) is 9.88. The van der Waals surface area contributed by atoms with Gasteiger partial charge in [0.1, 0.15) is 23.0 Å². The van der Waals surface area contributed by atoms with Crippen LogP contribution in [0.15, 0.2) is 53.5 Å². The average Bonchev–Trinajstić information content (AvgIpc) is 2.94. The third-order valence-electron chi connectivity index (χ3n) is 6.72. The number of carboxylic acids is 1. The molecule has 0 radical (unpaired) electrons. The number of fused-ring (bicyclic) bond motifs is 2. The van der Waals surface area contributed by atoms with Crippen molar-refractivity contribution >= 4 is 45.0 Å². The molecule has 1 N–H and O–H groups in total. The third-order valence-corrected chi connectivity index (χ3v) is 6.72. The van der Waals surface area contributed by atoms with Crippen molar-refractivity contribution in [2.75, 3.05) is 49.7 Å². The molecule has 38 heavy (non-hydrogen) atoms. The van der Waals surface area contributed by atoms with Crippen LogP contribution in [0.5, 0.6) is 11.5 Å². The van der Waals surface area contributed by atoms with Gasteiger partial charge in [-0.2, -0.15) is 0 Å². The summed E-state index contributed by atoms with van der Waals surface area (Å²) in [5.41, 5.74) is 0.685. The number of benzene rings is 2. The molecule has 5 rings (SSSR count). The number of methoxy groups -OCH3 is 1. The monoisotopic (exact) mass is 519 g/mol. The van der Waals surface area contributed by atoms with Crippen molar-refractivity contribution in [1.29, 1.82) is 0 Å². The summed E-state index contributed by atoms with van der Waals surface area (Å²) in [5, 5.41) is 21.5. The number of rotatable bonds is 7. The minimum atomic E-state index is -1.21. The van der Waals surface area contributed by atoms with Crippen molar-refractivity contribution in [1.82, 2.24) is 9.55 Å². The second-order valence-corrected chi connectivity index (χ2v) is 8.87. The van der Waals surface area contributed by atoms with Gasteiger partial charge >= 0.3 is 5.97 Å². The number of hydrogen-bond acceptors (Lipinski definition) is 9. The Labute approximate surface area is 216 Å². The van der Waals surface area contributed by atoms with E-state index in [1.807, 2.05) is 23.1 Å². The normalized spacial score (nSPS) is 13.6. The van der Waals surface area contributed by atoms with E-state index >= 15 is 0 Å². The van der Waals surface area contributed by atoms with E-state index in [1.54, 1.807) is 29.9 Å². The van der Waals surface area contributed by atoms with E-state index in [-0.39, 0.29) is 22.2 Å². The highest BCUT2D eigenvalue weighted by Gasteiger charge is 2.27. The van der Waals surface area contributed by atoms with E-state index < -0.39 is 22.9 Å². The number of carbonyl (C=O) groups is 1. The number of piperazine rings is 1. The van der Waals surface area contributed by atoms with Crippen LogP contribution < -0.4 is 24.7 Å². The van der Waals surface area contributed by atoms with Crippen molar-refractivity contribution in [2.45, 2.75) is 0 Å². The second-order valence-electron chi connectivity index (χ2n) is 8.87. The number of nitro groups is 1. The predicted octanol–water partition coefficient (Wildman–Crippen LogP) is 2.79. The Bertz CT molecular complexity index is 1610. The van der Waals surface area contributed by atoms with Crippen LogP contribution in [-0.4, -0.2) is 65.4 Å². The Hall–Kier alpha value is -4.87. The first kappa shape index (κ1) is 24.8. The number of carboxylic acid groups (broad SMARTS) is 1. The molecule has 0 spiro atoms. The molecule has 12 heteroatoms. The van der Waals surface area contributed by atoms with Gasteiger partial charge in [0.25, 0.3) is 5.69 Å². The van der Waals surface area contributed by atoms with Gasteiger partial charge in [-0.3, -0.25) is 14.9 Å². The van der Waals surface area contributed by atoms with Gasteiger partial charge < -0.3 is 28.9 Å². The zero-order valence-corrected chi connectivity index (χ0v) is 20.8. The summed E-state index contributed by atoms with van der Waals surface area (Å²) in [6.45, 7) is 1.67. The fourth-order valence-electron chi connectivity index (χ4n) is 4.85. The van der Waals surface area contributed by atoms with Gasteiger partial charge in [0, 0.05) is 57.6 Å². The summed E-state index contributed by atoms with van der Waals surface area (Å²) in [6.07, 6.45) is 1.73. The highest BCUT2D eigenvalue weighted by atomic mass is 16.6. The molecule has 1 aliphatic rings. The van der Waals surface area contributed by atoms with E-state index in [4.69, 9.17) is 14.6 Å². The highest BCUT2D eigenvalue weighted by molar-refractivity contribution is 6.00. The van der Waals surface area contributed by atoms with Gasteiger partial charge in [0.15, 0.2) is 6.61 Å². The number of aryl methyl sites for hydroxylation is 1. The lowest BCUT2D eigenvalue weighted by Gasteiger charge is -2.36. The Morgan fingerprint density at radius 3 is 2.47 bits per heavy atom. The van der Waals surface area contributed by atoms with Crippen molar-refractivity contribution in [3.8, 4) is 11.5 Å². The van der Waals surface area contributed by atoms with Crippen LogP contribution in [-0.2, 0) is 11.8 Å². The molecule has 1 aliphatic heterocycles. The Balaban J connectivity index is 1.63. The zero-order valence-electron chi connectivity index (χ0n) is 20.8. The maximum atomic E-state index is 13.6. The van der Waals surface area contributed by atoms with Gasteiger partial charge in [0.05, 0.1) is 33.8 Å². The van der Waals surface area contributed by atoms with Gasteiger partial charge in [-0.1, -0.05) is 6.07 Å². The lowest BCUT2D eigenvalue weighted by molar-refractivity contribution is -0.384. The van der Waals surface area contributed by atoms with Gasteiger partial charge in [0.2, 0.25) is 5.43 Å². The van der Waals surface area contributed by atoms with Crippen LogP contribution in [0.25, 0.3) is 21.8 Å². The van der Waals surface area contributed by atoms with Crippen LogP contribution >= 0.6 is 0 Å². The van der Waals surface area contributed by atoms with Crippen molar-refractivity contribution < 1.29 is 24.3 Å². The van der Waals surface area contributed by atoms with E-state index in [0.29, 0.717) is 48.6 Å². The number of pyridine rings is 2. The van der Waals surface area contributed by atoms with Crippen LogP contribution in [0.1, 0.15) is 0 Å². The predicted molar refractivity (Wildman–Crippen MR) is 142 cm³/mol. The van der Waals surface area contributed by atoms with E-state index in [1.165, 1.54) is 19.2 Å². The third kappa shape index (κ3) is 4.40. The molecular formula is C26H25N5O7. The molecule has 4 aromatic rings. The van der Waals surface area contributed by atoms with Crippen molar-refractivity contribution in [2.24, 2.45) is 7.05 Å². The minimum absolute atomic E-state index is 0.0293. The fraction of sp³-hybridized carbons (Fsp3) is 0.269. The number of aromatic nitrogens is 2. The molecule has 0 bridgehead atoms. The number of ether oxygens (including phenoxy) is 2. The maximum Gasteiger partial charge on any atom is 0.341 e. The molecule has 0 saturated carbocycles. The molecule has 0 amide bonds. The summed E-state index contributed by atoms with van der Waals surface area (Å²) in [7, 11) is 3.19. The summed E-state index contributed by atoms with van der Waals surface area (Å²) >= 11 is 0. The molecule has 3 heterocycles. The molecule has 12 nitrogen and oxygen atoms in total. The number of aliphatic carboxylic acids is 1. The first-order valence-electron chi connectivity index (χ1n) is 11.9. The minimum Gasteiger partial charge on any atom is -0.497 e.